The molecular formula is C22H23F3N6O6S. The minimum atomic E-state index is -4.49. The second-order valence-electron chi connectivity index (χ2n) is 8.47. The van der Waals surface area contributed by atoms with Gasteiger partial charge in [0.2, 0.25) is 5.78 Å². The number of nitrogens with zero attached hydrogens (tertiary/aromatic N) is 4. The lowest BCUT2D eigenvalue weighted by Gasteiger charge is -2.19. The molecule has 1 fully saturated rings. The van der Waals surface area contributed by atoms with Crippen molar-refractivity contribution in [3.8, 4) is 0 Å². The Bertz CT molecular complexity index is 1420. The third-order valence-corrected chi connectivity index (χ3v) is 6.88. The molecule has 0 radical (unpaired) electrons. The van der Waals surface area contributed by atoms with E-state index in [-0.39, 0.29) is 30.0 Å². The van der Waals surface area contributed by atoms with Crippen LogP contribution in [-0.4, -0.2) is 75.6 Å². The molecule has 0 amide bonds. The van der Waals surface area contributed by atoms with Crippen molar-refractivity contribution < 1.29 is 40.8 Å². The van der Waals surface area contributed by atoms with Gasteiger partial charge in [-0.3, -0.25) is 13.7 Å². The van der Waals surface area contributed by atoms with Gasteiger partial charge in [-0.05, 0) is 23.8 Å². The number of carbonyl (C=O) groups is 1. The van der Waals surface area contributed by atoms with Crippen molar-refractivity contribution in [3.05, 3.63) is 71.4 Å². The van der Waals surface area contributed by atoms with E-state index in [4.69, 9.17) is 4.18 Å². The van der Waals surface area contributed by atoms with Gasteiger partial charge in [-0.15, -0.1) is 0 Å². The monoisotopic (exact) mass is 556 g/mol. The maximum absolute atomic E-state index is 13.2. The molecule has 4 N–H and O–H groups in total. The normalized spacial score (nSPS) is 21.9. The Morgan fingerprint density at radius 3 is 2.71 bits per heavy atom. The van der Waals surface area contributed by atoms with Gasteiger partial charge in [0.05, 0.1) is 23.7 Å². The van der Waals surface area contributed by atoms with Gasteiger partial charge in [-0.2, -0.15) is 31.4 Å². The highest BCUT2D eigenvalue weighted by molar-refractivity contribution is 7.84. The summed E-state index contributed by atoms with van der Waals surface area (Å²) < 4.78 is 70.5. The fraction of sp³-hybridized carbons (Fsp3) is 0.364. The van der Waals surface area contributed by atoms with Crippen LogP contribution in [0.3, 0.4) is 0 Å². The fourth-order valence-corrected chi connectivity index (χ4v) is 4.58. The zero-order chi connectivity index (χ0) is 27.7. The molecule has 12 nitrogen and oxygen atoms in total. The summed E-state index contributed by atoms with van der Waals surface area (Å²) in [7, 11) is -3.01. The van der Waals surface area contributed by atoms with Crippen LogP contribution in [0.25, 0.3) is 0 Å². The third-order valence-electron chi connectivity index (χ3n) is 5.88. The first-order chi connectivity index (χ1) is 17.9. The van der Waals surface area contributed by atoms with Crippen LogP contribution in [-0.2, 0) is 27.2 Å². The molecule has 1 aromatic carbocycles. The molecule has 0 unspecified atom stereocenters. The van der Waals surface area contributed by atoms with E-state index in [9.17, 15) is 36.6 Å². The lowest BCUT2D eigenvalue weighted by molar-refractivity contribution is -0.137. The summed E-state index contributed by atoms with van der Waals surface area (Å²) in [6, 6.07) is 5.20. The Morgan fingerprint density at radius 2 is 2.00 bits per heavy atom. The molecule has 1 aliphatic carbocycles. The van der Waals surface area contributed by atoms with Crippen molar-refractivity contribution >= 4 is 21.9 Å². The van der Waals surface area contributed by atoms with Crippen molar-refractivity contribution in [2.45, 2.75) is 43.5 Å². The summed E-state index contributed by atoms with van der Waals surface area (Å²) in [5.41, 5.74) is -0.543. The van der Waals surface area contributed by atoms with Gasteiger partial charge < -0.3 is 15.5 Å². The fourth-order valence-electron chi connectivity index (χ4n) is 3.97. The van der Waals surface area contributed by atoms with E-state index < -0.39 is 52.2 Å². The molecule has 0 spiro atoms. The van der Waals surface area contributed by atoms with Crippen LogP contribution in [0.2, 0.25) is 0 Å². The van der Waals surface area contributed by atoms with E-state index >= 15 is 0 Å². The van der Waals surface area contributed by atoms with Crippen LogP contribution in [0.1, 0.15) is 33.6 Å². The van der Waals surface area contributed by atoms with E-state index in [2.05, 4.69) is 20.4 Å². The Hall–Kier alpha value is -3.44. The van der Waals surface area contributed by atoms with Gasteiger partial charge in [0.1, 0.15) is 36.2 Å². The third kappa shape index (κ3) is 6.16. The number of aliphatic hydroxyl groups excluding tert-OH is 2. The molecular weight excluding hydrogens is 533 g/mol. The average molecular weight is 557 g/mol. The van der Waals surface area contributed by atoms with Gasteiger partial charge in [0.15, 0.2) is 0 Å². The maximum Gasteiger partial charge on any atom is 0.416 e. The number of ketones is 1. The molecule has 4 atom stereocenters. The molecule has 38 heavy (non-hydrogen) atoms. The highest BCUT2D eigenvalue weighted by atomic mass is 32.2. The lowest BCUT2D eigenvalue weighted by Crippen LogP contribution is -2.38. The van der Waals surface area contributed by atoms with Crippen LogP contribution in [0.15, 0.2) is 49.1 Å². The molecule has 16 heteroatoms. The van der Waals surface area contributed by atoms with Crippen LogP contribution in [0.4, 0.5) is 19.0 Å². The van der Waals surface area contributed by atoms with E-state index in [1.54, 1.807) is 0 Å². The number of alkyl halides is 3. The van der Waals surface area contributed by atoms with Crippen molar-refractivity contribution in [2.75, 3.05) is 12.4 Å². The summed E-state index contributed by atoms with van der Waals surface area (Å²) in [6.07, 6.45) is -5.08. The molecule has 2 heterocycles. The Labute approximate surface area is 214 Å². The van der Waals surface area contributed by atoms with Gasteiger partial charge in [-0.25, -0.2) is 9.97 Å². The highest BCUT2D eigenvalue weighted by Gasteiger charge is 2.44. The number of rotatable bonds is 9. The first-order valence-corrected chi connectivity index (χ1v) is 12.6. The van der Waals surface area contributed by atoms with E-state index in [1.807, 2.05) is 4.72 Å². The molecule has 1 saturated carbocycles. The Kier molecular flexibility index (Phi) is 7.80. The minimum absolute atomic E-state index is 0.00852. The van der Waals surface area contributed by atoms with Crippen LogP contribution < -0.4 is 10.0 Å². The first kappa shape index (κ1) is 27.6. The van der Waals surface area contributed by atoms with E-state index in [0.29, 0.717) is 5.56 Å². The van der Waals surface area contributed by atoms with Crippen LogP contribution in [0.5, 0.6) is 0 Å². The molecule has 1 aliphatic rings. The lowest BCUT2D eigenvalue weighted by atomic mass is 10.1. The standard InChI is InChI=1S/C22H23F3N6O6S/c1-26-38(35,36)37-17-8-16(19(33)20(17)34)29-21-14(9-27-11-28-21)18(32)15-5-6-31(30-15)10-12-3-2-4-13(7-12)22(23,24)25/h2-7,9,11,16-17,19-20,26,33-34H,8,10H2,1H3,(H,27,28,29)/t16-,17-,19+,20+/m1/s1. The Morgan fingerprint density at radius 1 is 1.24 bits per heavy atom. The number of nitrogens with one attached hydrogen (secondary N) is 2. The summed E-state index contributed by atoms with van der Waals surface area (Å²) >= 11 is 0. The number of halogens is 3. The number of carbonyl (C=O) groups excluding carboxylic acids is 1. The molecule has 4 rings (SSSR count). The maximum atomic E-state index is 13.2. The number of aliphatic hydroxyl groups is 2. The number of anilines is 1. The van der Waals surface area contributed by atoms with E-state index in [0.717, 1.165) is 25.5 Å². The predicted molar refractivity (Wildman–Crippen MR) is 125 cm³/mol. The summed E-state index contributed by atoms with van der Waals surface area (Å²) in [5.74, 6) is -0.625. The van der Waals surface area contributed by atoms with Crippen molar-refractivity contribution in [1.29, 1.82) is 0 Å². The number of aromatic nitrogens is 4. The largest absolute Gasteiger partial charge is 0.416 e. The average Bonchev–Trinajstić information content (AvgIpc) is 3.44. The van der Waals surface area contributed by atoms with Gasteiger partial charge in [0, 0.05) is 25.9 Å². The van der Waals surface area contributed by atoms with Crippen molar-refractivity contribution in [3.63, 3.8) is 0 Å². The summed E-state index contributed by atoms with van der Waals surface area (Å²) in [4.78, 5) is 21.0. The number of hydrogen-bond donors (Lipinski definition) is 4. The summed E-state index contributed by atoms with van der Waals surface area (Å²) in [6.45, 7) is -0.0172. The highest BCUT2D eigenvalue weighted by Crippen LogP contribution is 2.30. The molecule has 0 saturated heterocycles. The van der Waals surface area contributed by atoms with Gasteiger partial charge >= 0.3 is 16.5 Å². The Balaban J connectivity index is 1.49. The van der Waals surface area contributed by atoms with Gasteiger partial charge in [0.25, 0.3) is 0 Å². The minimum Gasteiger partial charge on any atom is -0.388 e. The van der Waals surface area contributed by atoms with Crippen molar-refractivity contribution in [1.82, 2.24) is 24.5 Å². The van der Waals surface area contributed by atoms with Gasteiger partial charge in [-0.1, -0.05) is 12.1 Å². The smallest absolute Gasteiger partial charge is 0.388 e. The summed E-state index contributed by atoms with van der Waals surface area (Å²) in [5, 5.41) is 27.6. The number of hydrogen-bond acceptors (Lipinski definition) is 10. The zero-order valence-electron chi connectivity index (χ0n) is 19.7. The molecule has 204 valence electrons. The molecule has 0 aliphatic heterocycles. The van der Waals surface area contributed by atoms with E-state index in [1.165, 1.54) is 35.3 Å². The molecule has 2 aromatic heterocycles. The topological polar surface area (TPSA) is 169 Å². The zero-order valence-corrected chi connectivity index (χ0v) is 20.5. The number of benzene rings is 1. The quantitative estimate of drug-likeness (QED) is 0.276. The molecule has 0 bridgehead atoms. The SMILES string of the molecule is CNS(=O)(=O)O[C@@H]1C[C@@H](Nc2ncncc2C(=O)c2ccn(Cc3cccc(C(F)(F)F)c3)n2)[C@H](O)[C@H]1O. The first-order valence-electron chi connectivity index (χ1n) is 11.2. The predicted octanol–water partition coefficient (Wildman–Crippen LogP) is 0.727. The van der Waals surface area contributed by atoms with Crippen LogP contribution >= 0.6 is 0 Å². The van der Waals surface area contributed by atoms with Crippen LogP contribution in [0, 0.1) is 0 Å². The molecule has 3 aromatic rings. The second kappa shape index (κ2) is 10.7. The second-order valence-corrected chi connectivity index (χ2v) is 9.98. The van der Waals surface area contributed by atoms with Crippen molar-refractivity contribution in [2.24, 2.45) is 0 Å².